The van der Waals surface area contributed by atoms with E-state index >= 15 is 0 Å². The molecule has 0 spiro atoms. The van der Waals surface area contributed by atoms with E-state index in [1.807, 2.05) is 20.8 Å². The van der Waals surface area contributed by atoms with Gasteiger partial charge in [0.1, 0.15) is 5.82 Å². The van der Waals surface area contributed by atoms with Crippen LogP contribution in [0.3, 0.4) is 0 Å². The van der Waals surface area contributed by atoms with Crippen LogP contribution in [0.1, 0.15) is 55.1 Å². The summed E-state index contributed by atoms with van der Waals surface area (Å²) in [6.07, 6.45) is 2.23. The minimum absolute atomic E-state index is 0.0798. The van der Waals surface area contributed by atoms with Gasteiger partial charge in [-0.25, -0.2) is 4.39 Å². The fourth-order valence-corrected chi connectivity index (χ4v) is 3.39. The van der Waals surface area contributed by atoms with Crippen molar-refractivity contribution in [3.63, 3.8) is 0 Å². The SMILES string of the molecule is C=Cc1c(C)nc(C(C)C)c(/C=C/C(O)CC(O)CC(=O)O)c1-c1ccc(F)cc1. The van der Waals surface area contributed by atoms with Crippen molar-refractivity contribution in [1.82, 2.24) is 4.98 Å². The second-order valence-electron chi connectivity index (χ2n) is 7.56. The van der Waals surface area contributed by atoms with Crippen LogP contribution in [0.4, 0.5) is 4.39 Å². The van der Waals surface area contributed by atoms with Gasteiger partial charge in [-0.15, -0.1) is 0 Å². The largest absolute Gasteiger partial charge is 0.481 e. The number of nitrogens with zero attached hydrogens (tertiary/aromatic N) is 1. The number of carboxylic acid groups (broad SMARTS) is 1. The van der Waals surface area contributed by atoms with Crippen LogP contribution in [-0.2, 0) is 4.79 Å². The van der Waals surface area contributed by atoms with Crippen LogP contribution >= 0.6 is 0 Å². The number of aliphatic carboxylic acids is 1. The van der Waals surface area contributed by atoms with E-state index in [-0.39, 0.29) is 18.2 Å². The van der Waals surface area contributed by atoms with Gasteiger partial charge in [-0.3, -0.25) is 9.78 Å². The van der Waals surface area contributed by atoms with Crippen molar-refractivity contribution < 1.29 is 24.5 Å². The van der Waals surface area contributed by atoms with E-state index in [0.29, 0.717) is 0 Å². The molecule has 30 heavy (non-hydrogen) atoms. The first-order valence-corrected chi connectivity index (χ1v) is 9.83. The van der Waals surface area contributed by atoms with Crippen LogP contribution in [-0.4, -0.2) is 38.5 Å². The smallest absolute Gasteiger partial charge is 0.305 e. The van der Waals surface area contributed by atoms with E-state index < -0.39 is 24.6 Å². The van der Waals surface area contributed by atoms with Crippen molar-refractivity contribution >= 4 is 18.1 Å². The molecule has 0 saturated carbocycles. The number of hydrogen-bond donors (Lipinski definition) is 3. The fraction of sp³-hybridized carbons (Fsp3) is 0.333. The molecule has 2 aromatic rings. The monoisotopic (exact) mass is 413 g/mol. The summed E-state index contributed by atoms with van der Waals surface area (Å²) in [5.74, 6) is -1.39. The Morgan fingerprint density at radius 2 is 1.83 bits per heavy atom. The Bertz CT molecular complexity index is 935. The van der Waals surface area contributed by atoms with Crippen LogP contribution < -0.4 is 0 Å². The Kier molecular flexibility index (Phi) is 8.03. The molecule has 0 aliphatic carbocycles. The molecule has 2 rings (SSSR count). The van der Waals surface area contributed by atoms with Crippen molar-refractivity contribution in [3.8, 4) is 11.1 Å². The van der Waals surface area contributed by atoms with Gasteiger partial charge in [0.25, 0.3) is 0 Å². The molecule has 6 heteroatoms. The van der Waals surface area contributed by atoms with Gasteiger partial charge in [-0.1, -0.05) is 50.8 Å². The average molecular weight is 413 g/mol. The molecular formula is C24H28FNO4. The highest BCUT2D eigenvalue weighted by atomic mass is 19.1. The van der Waals surface area contributed by atoms with Crippen LogP contribution in [0.25, 0.3) is 23.3 Å². The minimum Gasteiger partial charge on any atom is -0.481 e. The highest BCUT2D eigenvalue weighted by Gasteiger charge is 2.19. The molecule has 3 N–H and O–H groups in total. The second-order valence-corrected chi connectivity index (χ2v) is 7.56. The van der Waals surface area contributed by atoms with Crippen LogP contribution in [0.15, 0.2) is 36.9 Å². The number of aryl methyl sites for hydroxylation is 1. The molecule has 0 saturated heterocycles. The first-order chi connectivity index (χ1) is 14.1. The molecule has 5 nitrogen and oxygen atoms in total. The molecule has 1 aromatic heterocycles. The Balaban J connectivity index is 2.56. The summed E-state index contributed by atoms with van der Waals surface area (Å²) in [5.41, 5.74) is 4.80. The van der Waals surface area contributed by atoms with Gasteiger partial charge in [0.2, 0.25) is 0 Å². The summed E-state index contributed by atoms with van der Waals surface area (Å²) >= 11 is 0. The Labute approximate surface area is 176 Å². The first-order valence-electron chi connectivity index (χ1n) is 9.83. The summed E-state index contributed by atoms with van der Waals surface area (Å²) in [7, 11) is 0. The lowest BCUT2D eigenvalue weighted by atomic mass is 9.89. The standard InChI is InChI=1S/C24H28FNO4/c1-5-20-15(4)26-24(14(2)3)21(23(20)16-6-8-17(25)9-7-16)11-10-18(27)12-19(28)13-22(29)30/h5-11,14,18-19,27-28H,1,12-13H2,2-4H3,(H,29,30)/b11-10+. The zero-order valence-corrected chi connectivity index (χ0v) is 17.5. The number of carbonyl (C=O) groups is 1. The average Bonchev–Trinajstić information content (AvgIpc) is 2.66. The summed E-state index contributed by atoms with van der Waals surface area (Å²) in [6, 6.07) is 6.15. The number of aliphatic hydroxyl groups excluding tert-OH is 2. The summed E-state index contributed by atoms with van der Waals surface area (Å²) in [6.45, 7) is 9.80. The Hall–Kier alpha value is -2.83. The zero-order valence-electron chi connectivity index (χ0n) is 17.5. The van der Waals surface area contributed by atoms with Crippen LogP contribution in [0.2, 0.25) is 0 Å². The lowest BCUT2D eigenvalue weighted by Gasteiger charge is -2.20. The van der Waals surface area contributed by atoms with Crippen molar-refractivity contribution in [2.45, 2.75) is 51.7 Å². The molecule has 0 bridgehead atoms. The highest BCUT2D eigenvalue weighted by Crippen LogP contribution is 2.35. The van der Waals surface area contributed by atoms with E-state index in [4.69, 9.17) is 10.1 Å². The predicted molar refractivity (Wildman–Crippen MR) is 116 cm³/mol. The number of aromatic nitrogens is 1. The highest BCUT2D eigenvalue weighted by molar-refractivity contribution is 5.85. The lowest BCUT2D eigenvalue weighted by Crippen LogP contribution is -2.19. The van der Waals surface area contributed by atoms with Crippen molar-refractivity contribution in [2.75, 3.05) is 0 Å². The fourth-order valence-electron chi connectivity index (χ4n) is 3.39. The molecule has 0 amide bonds. The van der Waals surface area contributed by atoms with Gasteiger partial charge < -0.3 is 15.3 Å². The maximum Gasteiger partial charge on any atom is 0.305 e. The van der Waals surface area contributed by atoms with Crippen molar-refractivity contribution in [3.05, 3.63) is 65.3 Å². The number of hydrogen-bond acceptors (Lipinski definition) is 4. The molecule has 2 unspecified atom stereocenters. The Morgan fingerprint density at radius 3 is 2.37 bits per heavy atom. The molecular weight excluding hydrogens is 385 g/mol. The number of halogens is 1. The zero-order chi connectivity index (χ0) is 22.4. The quantitative estimate of drug-likeness (QED) is 0.561. The minimum atomic E-state index is -1.15. The normalized spacial score (nSPS) is 13.6. The molecule has 0 fully saturated rings. The van der Waals surface area contributed by atoms with E-state index in [1.54, 1.807) is 24.3 Å². The maximum atomic E-state index is 13.5. The number of carboxylic acids is 1. The van der Waals surface area contributed by atoms with Gasteiger partial charge in [-0.05, 0) is 36.1 Å². The van der Waals surface area contributed by atoms with E-state index in [0.717, 1.165) is 33.6 Å². The number of rotatable bonds is 9. The molecule has 1 heterocycles. The number of pyridine rings is 1. The van der Waals surface area contributed by atoms with Crippen LogP contribution in [0.5, 0.6) is 0 Å². The topological polar surface area (TPSA) is 90.7 Å². The van der Waals surface area contributed by atoms with Gasteiger partial charge in [0.15, 0.2) is 0 Å². The maximum absolute atomic E-state index is 13.5. The van der Waals surface area contributed by atoms with Gasteiger partial charge >= 0.3 is 5.97 Å². The second kappa shape index (κ2) is 10.3. The third-order valence-corrected chi connectivity index (χ3v) is 4.79. The van der Waals surface area contributed by atoms with E-state index in [1.165, 1.54) is 18.2 Å². The summed E-state index contributed by atoms with van der Waals surface area (Å²) in [5, 5.41) is 28.8. The number of aliphatic hydroxyl groups is 2. The first kappa shape index (κ1) is 23.4. The summed E-state index contributed by atoms with van der Waals surface area (Å²) in [4.78, 5) is 15.4. The molecule has 0 aliphatic rings. The Morgan fingerprint density at radius 1 is 1.20 bits per heavy atom. The number of benzene rings is 1. The predicted octanol–water partition coefficient (Wildman–Crippen LogP) is 4.56. The van der Waals surface area contributed by atoms with E-state index in [9.17, 15) is 19.4 Å². The van der Waals surface area contributed by atoms with E-state index in [2.05, 4.69) is 6.58 Å². The molecule has 2 atom stereocenters. The molecule has 0 radical (unpaired) electrons. The molecule has 1 aromatic carbocycles. The third-order valence-electron chi connectivity index (χ3n) is 4.79. The van der Waals surface area contributed by atoms with Gasteiger partial charge in [-0.2, -0.15) is 0 Å². The molecule has 160 valence electrons. The summed E-state index contributed by atoms with van der Waals surface area (Å²) < 4.78 is 13.5. The van der Waals surface area contributed by atoms with Crippen molar-refractivity contribution in [1.29, 1.82) is 0 Å². The van der Waals surface area contributed by atoms with Crippen LogP contribution in [0, 0.1) is 12.7 Å². The van der Waals surface area contributed by atoms with Gasteiger partial charge in [0.05, 0.1) is 24.3 Å². The lowest BCUT2D eigenvalue weighted by molar-refractivity contribution is -0.139. The molecule has 0 aliphatic heterocycles. The van der Waals surface area contributed by atoms with Gasteiger partial charge in [0, 0.05) is 23.2 Å². The third kappa shape index (κ3) is 5.84. The van der Waals surface area contributed by atoms with Crippen molar-refractivity contribution in [2.24, 2.45) is 0 Å².